The second-order valence-electron chi connectivity index (χ2n) is 9.94. The lowest BCUT2D eigenvalue weighted by atomic mass is 9.84. The molecule has 0 saturated carbocycles. The van der Waals surface area contributed by atoms with Crippen LogP contribution in [-0.4, -0.2) is 8.07 Å². The number of benzene rings is 1. The van der Waals surface area contributed by atoms with Crippen LogP contribution in [0.5, 0.6) is 0 Å². The first-order valence-corrected chi connectivity index (χ1v) is 13.1. The fourth-order valence-electron chi connectivity index (χ4n) is 3.56. The van der Waals surface area contributed by atoms with E-state index in [9.17, 15) is 4.39 Å². The van der Waals surface area contributed by atoms with E-state index in [1.165, 1.54) is 16.4 Å². The average molecular weight is 373 g/mol. The van der Waals surface area contributed by atoms with Gasteiger partial charge in [0.2, 0.25) is 5.69 Å². The monoisotopic (exact) mass is 372 g/mol. The first-order valence-electron chi connectivity index (χ1n) is 9.58. The van der Waals surface area contributed by atoms with Crippen LogP contribution in [0.25, 0.3) is 11.3 Å². The van der Waals surface area contributed by atoms with Gasteiger partial charge < -0.3 is 0 Å². The smallest absolute Gasteiger partial charge is 0.207 e. The Morgan fingerprint density at radius 1 is 1.04 bits per heavy atom. The van der Waals surface area contributed by atoms with E-state index in [4.69, 9.17) is 0 Å². The molecule has 0 fully saturated rings. The molecule has 2 aromatic rings. The van der Waals surface area contributed by atoms with E-state index < -0.39 is 8.07 Å². The Kier molecular flexibility index (Phi) is 5.54. The van der Waals surface area contributed by atoms with Crippen LogP contribution >= 0.6 is 0 Å². The molecule has 0 spiro atoms. The minimum atomic E-state index is -1.44. The second kappa shape index (κ2) is 6.92. The van der Waals surface area contributed by atoms with Gasteiger partial charge in [0.25, 0.3) is 0 Å². The third-order valence-electron chi connectivity index (χ3n) is 5.13. The number of hydrogen-bond acceptors (Lipinski definition) is 0. The van der Waals surface area contributed by atoms with Crippen molar-refractivity contribution < 1.29 is 8.96 Å². The van der Waals surface area contributed by atoms with Gasteiger partial charge in [-0.15, -0.1) is 0 Å². The maximum atomic E-state index is 14.6. The summed E-state index contributed by atoms with van der Waals surface area (Å²) in [6, 6.07) is 6.08. The lowest BCUT2D eigenvalue weighted by molar-refractivity contribution is -0.659. The standard InChI is InChI=1S/C23H35FNSi/c1-15(2)17-13-21(25(7)14-22(17)26(8,9)10)18-12-19(23(4,5)6)20(24)11-16(18)3/h11-15H,1-10H3/q+1. The molecule has 1 heterocycles. The molecule has 0 aliphatic carbocycles. The molecule has 26 heavy (non-hydrogen) atoms. The lowest BCUT2D eigenvalue weighted by Crippen LogP contribution is -2.47. The van der Waals surface area contributed by atoms with Crippen molar-refractivity contribution >= 4 is 13.3 Å². The predicted molar refractivity (Wildman–Crippen MR) is 114 cm³/mol. The minimum Gasteiger partial charge on any atom is -0.207 e. The van der Waals surface area contributed by atoms with Crippen molar-refractivity contribution in [3.05, 3.63) is 46.9 Å². The number of pyridine rings is 1. The van der Waals surface area contributed by atoms with Crippen LogP contribution in [0.15, 0.2) is 24.4 Å². The quantitative estimate of drug-likeness (QED) is 0.488. The Labute approximate surface area is 160 Å². The highest BCUT2D eigenvalue weighted by molar-refractivity contribution is 6.89. The van der Waals surface area contributed by atoms with Crippen LogP contribution in [-0.2, 0) is 12.5 Å². The van der Waals surface area contributed by atoms with Crippen molar-refractivity contribution in [2.45, 2.75) is 72.5 Å². The fraction of sp³-hybridized carbons (Fsp3) is 0.522. The molecule has 0 radical (unpaired) electrons. The van der Waals surface area contributed by atoms with E-state index >= 15 is 0 Å². The summed E-state index contributed by atoms with van der Waals surface area (Å²) >= 11 is 0. The molecular weight excluding hydrogens is 337 g/mol. The largest absolute Gasteiger partial charge is 0.212 e. The highest BCUT2D eigenvalue weighted by atomic mass is 28.3. The number of rotatable bonds is 3. The number of halogens is 1. The maximum Gasteiger partial charge on any atom is 0.212 e. The van der Waals surface area contributed by atoms with Gasteiger partial charge >= 0.3 is 0 Å². The van der Waals surface area contributed by atoms with E-state index in [1.54, 1.807) is 6.07 Å². The third kappa shape index (κ3) is 4.09. The Morgan fingerprint density at radius 3 is 2.08 bits per heavy atom. The first-order chi connectivity index (χ1) is 11.7. The van der Waals surface area contributed by atoms with E-state index in [0.29, 0.717) is 5.92 Å². The number of hydrogen-bond donors (Lipinski definition) is 0. The molecule has 0 bridgehead atoms. The molecule has 0 amide bonds. The van der Waals surface area contributed by atoms with Crippen LogP contribution < -0.4 is 9.75 Å². The molecule has 1 aromatic carbocycles. The molecule has 1 aromatic heterocycles. The third-order valence-corrected chi connectivity index (χ3v) is 7.17. The summed E-state index contributed by atoms with van der Waals surface area (Å²) in [6.45, 7) is 19.9. The normalized spacial score (nSPS) is 12.8. The van der Waals surface area contributed by atoms with Crippen molar-refractivity contribution in [2.24, 2.45) is 7.05 Å². The van der Waals surface area contributed by atoms with Crippen LogP contribution in [0, 0.1) is 12.7 Å². The zero-order valence-corrected chi connectivity index (χ0v) is 19.2. The van der Waals surface area contributed by atoms with Crippen molar-refractivity contribution in [1.29, 1.82) is 0 Å². The average Bonchev–Trinajstić information content (AvgIpc) is 2.45. The number of aromatic nitrogens is 1. The van der Waals surface area contributed by atoms with Gasteiger partial charge in [-0.05, 0) is 47.1 Å². The highest BCUT2D eigenvalue weighted by Gasteiger charge is 2.28. The van der Waals surface area contributed by atoms with Crippen molar-refractivity contribution in [2.75, 3.05) is 0 Å². The van der Waals surface area contributed by atoms with Gasteiger partial charge in [-0.2, -0.15) is 0 Å². The summed E-state index contributed by atoms with van der Waals surface area (Å²) < 4.78 is 16.8. The Bertz CT molecular complexity index is 824. The summed E-state index contributed by atoms with van der Waals surface area (Å²) in [5, 5.41) is 1.51. The molecule has 0 aliphatic rings. The maximum absolute atomic E-state index is 14.6. The van der Waals surface area contributed by atoms with Gasteiger partial charge in [0.15, 0.2) is 6.20 Å². The Balaban J connectivity index is 2.80. The van der Waals surface area contributed by atoms with E-state index in [1.807, 2.05) is 6.92 Å². The van der Waals surface area contributed by atoms with E-state index in [0.717, 1.165) is 16.7 Å². The van der Waals surface area contributed by atoms with E-state index in [2.05, 4.69) is 84.2 Å². The van der Waals surface area contributed by atoms with Crippen LogP contribution in [0.1, 0.15) is 57.2 Å². The number of aryl methyl sites for hydroxylation is 2. The van der Waals surface area contributed by atoms with Crippen LogP contribution in [0.2, 0.25) is 19.6 Å². The molecule has 3 heteroatoms. The summed E-state index contributed by atoms with van der Waals surface area (Å²) in [4.78, 5) is 0. The summed E-state index contributed by atoms with van der Waals surface area (Å²) in [5.41, 5.74) is 5.27. The molecule has 0 N–H and O–H groups in total. The van der Waals surface area contributed by atoms with Crippen LogP contribution in [0.4, 0.5) is 4.39 Å². The Hall–Kier alpha value is -1.48. The molecule has 0 aliphatic heterocycles. The minimum absolute atomic E-state index is 0.107. The molecule has 0 atom stereocenters. The fourth-order valence-corrected chi connectivity index (χ4v) is 5.37. The van der Waals surface area contributed by atoms with Crippen molar-refractivity contribution in [3.8, 4) is 11.3 Å². The van der Waals surface area contributed by atoms with Crippen molar-refractivity contribution in [1.82, 2.24) is 0 Å². The molecule has 0 unspecified atom stereocenters. The van der Waals surface area contributed by atoms with E-state index in [-0.39, 0.29) is 11.2 Å². The molecular formula is C23H35FNSi+. The molecule has 2 rings (SSSR count). The van der Waals surface area contributed by atoms with Gasteiger partial charge in [0.05, 0.1) is 8.07 Å². The Morgan fingerprint density at radius 2 is 1.62 bits per heavy atom. The lowest BCUT2D eigenvalue weighted by Gasteiger charge is -2.23. The zero-order valence-electron chi connectivity index (χ0n) is 18.2. The second-order valence-corrected chi connectivity index (χ2v) is 15.0. The molecule has 0 saturated heterocycles. The van der Waals surface area contributed by atoms with Gasteiger partial charge in [-0.25, -0.2) is 8.96 Å². The van der Waals surface area contributed by atoms with Gasteiger partial charge in [0.1, 0.15) is 12.9 Å². The summed E-state index contributed by atoms with van der Waals surface area (Å²) in [5.74, 6) is 0.365. The topological polar surface area (TPSA) is 3.88 Å². The van der Waals surface area contributed by atoms with Crippen molar-refractivity contribution in [3.63, 3.8) is 0 Å². The molecule has 1 nitrogen and oxygen atoms in total. The predicted octanol–water partition coefficient (Wildman–Crippen LogP) is 5.59. The summed E-state index contributed by atoms with van der Waals surface area (Å²) in [6.07, 6.45) is 2.32. The van der Waals surface area contributed by atoms with Gasteiger partial charge in [0, 0.05) is 16.8 Å². The number of nitrogens with zero attached hydrogens (tertiary/aromatic N) is 1. The molecule has 142 valence electrons. The first kappa shape index (κ1) is 20.8. The van der Waals surface area contributed by atoms with Crippen LogP contribution in [0.3, 0.4) is 0 Å². The summed E-state index contributed by atoms with van der Waals surface area (Å²) in [7, 11) is 0.674. The highest BCUT2D eigenvalue weighted by Crippen LogP contribution is 2.32. The SMILES string of the molecule is Cc1cc(F)c(C(C)(C)C)cc1-c1cc(C(C)C)c([Si](C)(C)C)c[n+]1C. The zero-order chi connectivity index (χ0) is 20.0. The van der Waals surface area contributed by atoms with Gasteiger partial charge in [-0.1, -0.05) is 54.3 Å². The van der Waals surface area contributed by atoms with Gasteiger partial charge in [-0.3, -0.25) is 0 Å².